The van der Waals surface area contributed by atoms with Crippen LogP contribution in [0.1, 0.15) is 37.9 Å². The van der Waals surface area contributed by atoms with Gasteiger partial charge in [-0.25, -0.2) is 15.0 Å². The number of nitrogens with zero attached hydrogens (tertiary/aromatic N) is 6. The molecule has 2 aromatic heterocycles. The number of aryl methyl sites for hydroxylation is 1. The molecule has 2 aromatic rings. The SMILES string of the molecule is Cc1nc(N[C@H]2C[C@@H](Nc3ncc(C#N)cn3)C2)nc2c1NC(=O)[C@H](C(C)C)N2C. The van der Waals surface area contributed by atoms with Gasteiger partial charge < -0.3 is 20.9 Å². The number of rotatable bonds is 5. The van der Waals surface area contributed by atoms with E-state index in [0.29, 0.717) is 23.1 Å². The van der Waals surface area contributed by atoms with Crippen LogP contribution in [0.4, 0.5) is 23.4 Å². The lowest BCUT2D eigenvalue weighted by atomic mass is 9.87. The normalized spacial score (nSPS) is 22.6. The van der Waals surface area contributed by atoms with Crippen molar-refractivity contribution in [1.82, 2.24) is 19.9 Å². The van der Waals surface area contributed by atoms with E-state index in [1.165, 1.54) is 12.4 Å². The van der Waals surface area contributed by atoms with E-state index in [9.17, 15) is 4.79 Å². The molecular weight excluding hydrogens is 382 g/mol. The average Bonchev–Trinajstić information content (AvgIpc) is 2.67. The number of nitrogens with one attached hydrogen (secondary N) is 3. The molecule has 1 fully saturated rings. The molecule has 1 atom stereocenters. The van der Waals surface area contributed by atoms with Crippen LogP contribution in [0.25, 0.3) is 0 Å². The van der Waals surface area contributed by atoms with Gasteiger partial charge in [-0.1, -0.05) is 13.8 Å². The zero-order valence-corrected chi connectivity index (χ0v) is 17.5. The van der Waals surface area contributed by atoms with Gasteiger partial charge in [0.1, 0.15) is 17.8 Å². The first-order valence-corrected chi connectivity index (χ1v) is 10.0. The van der Waals surface area contributed by atoms with Crippen molar-refractivity contribution in [2.45, 2.75) is 51.7 Å². The van der Waals surface area contributed by atoms with Crippen LogP contribution in [0.5, 0.6) is 0 Å². The number of aromatic nitrogens is 4. The second-order valence-electron chi connectivity index (χ2n) is 8.18. The third kappa shape index (κ3) is 3.70. The minimum absolute atomic E-state index is 0.0228. The van der Waals surface area contributed by atoms with Gasteiger partial charge in [0.05, 0.1) is 23.7 Å². The van der Waals surface area contributed by atoms with Crippen molar-refractivity contribution >= 4 is 29.3 Å². The van der Waals surface area contributed by atoms with Crippen molar-refractivity contribution in [2.75, 3.05) is 27.9 Å². The fourth-order valence-corrected chi connectivity index (χ4v) is 3.96. The quantitative estimate of drug-likeness (QED) is 0.680. The van der Waals surface area contributed by atoms with E-state index in [-0.39, 0.29) is 30.0 Å². The second-order valence-corrected chi connectivity index (χ2v) is 8.18. The Morgan fingerprint density at radius 3 is 2.40 bits per heavy atom. The van der Waals surface area contributed by atoms with Gasteiger partial charge in [0.2, 0.25) is 17.8 Å². The molecule has 2 aliphatic rings. The van der Waals surface area contributed by atoms with Crippen LogP contribution < -0.4 is 20.9 Å². The van der Waals surface area contributed by atoms with Crippen molar-refractivity contribution in [3.05, 3.63) is 23.7 Å². The fourth-order valence-electron chi connectivity index (χ4n) is 3.96. The van der Waals surface area contributed by atoms with Crippen LogP contribution in [0.2, 0.25) is 0 Å². The highest BCUT2D eigenvalue weighted by atomic mass is 16.2. The minimum Gasteiger partial charge on any atom is -0.351 e. The van der Waals surface area contributed by atoms with E-state index in [1.54, 1.807) is 0 Å². The Bertz CT molecular complexity index is 993. The average molecular weight is 407 g/mol. The molecule has 0 spiro atoms. The highest BCUT2D eigenvalue weighted by Crippen LogP contribution is 2.35. The highest BCUT2D eigenvalue weighted by Gasteiger charge is 2.36. The van der Waals surface area contributed by atoms with Gasteiger partial charge in [0, 0.05) is 19.1 Å². The van der Waals surface area contributed by atoms with Gasteiger partial charge in [0.25, 0.3) is 0 Å². The van der Waals surface area contributed by atoms with Crippen molar-refractivity contribution in [2.24, 2.45) is 5.92 Å². The number of hydrogen-bond acceptors (Lipinski definition) is 9. The molecule has 30 heavy (non-hydrogen) atoms. The van der Waals surface area contributed by atoms with E-state index in [2.05, 4.69) is 35.9 Å². The molecule has 1 aliphatic heterocycles. The van der Waals surface area contributed by atoms with Gasteiger partial charge in [-0.2, -0.15) is 10.2 Å². The first-order chi connectivity index (χ1) is 14.4. The summed E-state index contributed by atoms with van der Waals surface area (Å²) in [4.78, 5) is 31.9. The van der Waals surface area contributed by atoms with Crippen LogP contribution >= 0.6 is 0 Å². The molecule has 3 N–H and O–H groups in total. The van der Waals surface area contributed by atoms with Crippen LogP contribution in [-0.4, -0.2) is 51.0 Å². The second kappa shape index (κ2) is 7.74. The lowest BCUT2D eigenvalue weighted by Crippen LogP contribution is -2.50. The van der Waals surface area contributed by atoms with Crippen LogP contribution in [0.15, 0.2) is 12.4 Å². The molecule has 0 bridgehead atoms. The summed E-state index contributed by atoms with van der Waals surface area (Å²) in [6.07, 6.45) is 4.77. The van der Waals surface area contributed by atoms with Crippen molar-refractivity contribution < 1.29 is 4.79 Å². The summed E-state index contributed by atoms with van der Waals surface area (Å²) in [6.45, 7) is 5.93. The van der Waals surface area contributed by atoms with Crippen LogP contribution in [-0.2, 0) is 4.79 Å². The van der Waals surface area contributed by atoms with Gasteiger partial charge in [0.15, 0.2) is 5.82 Å². The number of amides is 1. The standard InChI is InChI=1S/C20H25N9O/c1-10(2)16-18(30)27-15-11(3)24-20(28-17(15)29(16)4)26-14-5-13(6-14)25-19-22-8-12(7-21)9-23-19/h8-10,13-14,16H,5-6H2,1-4H3,(H,27,30)(H,22,23,25)(H,24,26,28)/t13-,14+,16-/m0/s1. The molecule has 10 heteroatoms. The summed E-state index contributed by atoms with van der Waals surface area (Å²) in [6, 6.07) is 2.24. The summed E-state index contributed by atoms with van der Waals surface area (Å²) in [7, 11) is 1.90. The number of hydrogen-bond donors (Lipinski definition) is 3. The molecule has 0 radical (unpaired) electrons. The Balaban J connectivity index is 1.40. The largest absolute Gasteiger partial charge is 0.351 e. The zero-order valence-electron chi connectivity index (χ0n) is 17.5. The molecule has 0 unspecified atom stereocenters. The minimum atomic E-state index is -0.260. The van der Waals surface area contributed by atoms with Gasteiger partial charge >= 0.3 is 0 Å². The lowest BCUT2D eigenvalue weighted by molar-refractivity contribution is -0.118. The molecule has 156 valence electrons. The Labute approximate surface area is 175 Å². The number of nitriles is 1. The van der Waals surface area contributed by atoms with E-state index in [0.717, 1.165) is 24.4 Å². The molecule has 0 saturated heterocycles. The Morgan fingerprint density at radius 2 is 1.80 bits per heavy atom. The smallest absolute Gasteiger partial charge is 0.247 e. The maximum absolute atomic E-state index is 12.4. The molecule has 4 rings (SSSR count). The zero-order chi connectivity index (χ0) is 21.4. The third-order valence-electron chi connectivity index (χ3n) is 5.56. The predicted molar refractivity (Wildman–Crippen MR) is 113 cm³/mol. The van der Waals surface area contributed by atoms with Crippen LogP contribution in [0.3, 0.4) is 0 Å². The summed E-state index contributed by atoms with van der Waals surface area (Å²) in [5.74, 6) is 1.97. The maximum Gasteiger partial charge on any atom is 0.247 e. The number of carbonyl (C=O) groups is 1. The lowest BCUT2D eigenvalue weighted by Gasteiger charge is -2.38. The molecule has 3 heterocycles. The van der Waals surface area contributed by atoms with E-state index in [1.807, 2.05) is 38.8 Å². The molecule has 1 saturated carbocycles. The van der Waals surface area contributed by atoms with Crippen LogP contribution in [0, 0.1) is 24.2 Å². The fraction of sp³-hybridized carbons (Fsp3) is 0.500. The number of fused-ring (bicyclic) bond motifs is 1. The van der Waals surface area contributed by atoms with Gasteiger partial charge in [-0.3, -0.25) is 4.79 Å². The summed E-state index contributed by atoms with van der Waals surface area (Å²) in [5.41, 5.74) is 1.86. The van der Waals surface area contributed by atoms with E-state index in [4.69, 9.17) is 5.26 Å². The molecule has 1 amide bonds. The van der Waals surface area contributed by atoms with Crippen molar-refractivity contribution in [1.29, 1.82) is 5.26 Å². The van der Waals surface area contributed by atoms with Gasteiger partial charge in [-0.15, -0.1) is 0 Å². The first-order valence-electron chi connectivity index (χ1n) is 10.0. The van der Waals surface area contributed by atoms with Gasteiger partial charge in [-0.05, 0) is 25.7 Å². The first kappa shape index (κ1) is 19.8. The van der Waals surface area contributed by atoms with Crippen molar-refractivity contribution in [3.8, 4) is 6.07 Å². The Morgan fingerprint density at radius 1 is 1.17 bits per heavy atom. The predicted octanol–water partition coefficient (Wildman–Crippen LogP) is 1.91. The number of anilines is 4. The Hall–Kier alpha value is -3.48. The highest BCUT2D eigenvalue weighted by molar-refractivity contribution is 6.03. The molecule has 10 nitrogen and oxygen atoms in total. The number of likely N-dealkylation sites (N-methyl/N-ethyl adjacent to an activating group) is 1. The summed E-state index contributed by atoms with van der Waals surface area (Å²) < 4.78 is 0. The summed E-state index contributed by atoms with van der Waals surface area (Å²) >= 11 is 0. The molecule has 1 aliphatic carbocycles. The molecular formula is C20H25N9O. The molecule has 0 aromatic carbocycles. The Kier molecular flexibility index (Phi) is 5.11. The topological polar surface area (TPSA) is 132 Å². The van der Waals surface area contributed by atoms with E-state index >= 15 is 0 Å². The van der Waals surface area contributed by atoms with Crippen molar-refractivity contribution in [3.63, 3.8) is 0 Å². The third-order valence-corrected chi connectivity index (χ3v) is 5.56. The van der Waals surface area contributed by atoms with E-state index < -0.39 is 0 Å². The number of carbonyl (C=O) groups excluding carboxylic acids is 1. The monoisotopic (exact) mass is 407 g/mol. The maximum atomic E-state index is 12.4. The summed E-state index contributed by atoms with van der Waals surface area (Å²) in [5, 5.41) is 18.4.